The molecule has 5 nitrogen and oxygen atoms in total. The van der Waals surface area contributed by atoms with Crippen molar-refractivity contribution < 1.29 is 19.0 Å². The Hall–Kier alpha value is -1.91. The van der Waals surface area contributed by atoms with E-state index in [1.807, 2.05) is 0 Å². The Bertz CT molecular complexity index is 449. The van der Waals surface area contributed by atoms with Crippen LogP contribution in [0.15, 0.2) is 12.1 Å². The summed E-state index contributed by atoms with van der Waals surface area (Å²) < 4.78 is 15.6. The molecular weight excluding hydrogens is 234 g/mol. The van der Waals surface area contributed by atoms with Gasteiger partial charge in [-0.1, -0.05) is 0 Å². The number of rotatable bonds is 3. The average Bonchev–Trinajstić information content (AvgIpc) is 2.25. The summed E-state index contributed by atoms with van der Waals surface area (Å²) in [4.78, 5) is 12.0. The monoisotopic (exact) mass is 253 g/mol. The molecule has 1 aromatic carbocycles. The summed E-state index contributed by atoms with van der Waals surface area (Å²) in [5.41, 5.74) is 5.80. The van der Waals surface area contributed by atoms with Gasteiger partial charge in [0.1, 0.15) is 11.2 Å². The van der Waals surface area contributed by atoms with Crippen LogP contribution in [0.2, 0.25) is 0 Å². The second-order valence-electron chi connectivity index (χ2n) is 4.81. The van der Waals surface area contributed by atoms with Gasteiger partial charge in [-0.2, -0.15) is 0 Å². The van der Waals surface area contributed by atoms with Crippen LogP contribution in [0.4, 0.5) is 5.69 Å². The van der Waals surface area contributed by atoms with Crippen LogP contribution >= 0.6 is 0 Å². The molecule has 0 aliphatic carbocycles. The zero-order valence-electron chi connectivity index (χ0n) is 11.4. The van der Waals surface area contributed by atoms with Crippen LogP contribution in [0, 0.1) is 0 Å². The minimum absolute atomic E-state index is 0.254. The van der Waals surface area contributed by atoms with E-state index in [2.05, 4.69) is 0 Å². The number of hydrogen-bond donors (Lipinski definition) is 1. The predicted molar refractivity (Wildman–Crippen MR) is 69.1 cm³/mol. The molecule has 0 radical (unpaired) electrons. The number of methoxy groups -OCH3 is 2. The van der Waals surface area contributed by atoms with Crippen molar-refractivity contribution >= 4 is 11.7 Å². The Morgan fingerprint density at radius 1 is 1.17 bits per heavy atom. The Morgan fingerprint density at radius 2 is 1.78 bits per heavy atom. The molecule has 0 saturated carbocycles. The van der Waals surface area contributed by atoms with Crippen LogP contribution < -0.4 is 15.2 Å². The molecule has 18 heavy (non-hydrogen) atoms. The minimum atomic E-state index is -0.583. The van der Waals surface area contributed by atoms with E-state index in [9.17, 15) is 4.79 Å². The quantitative estimate of drug-likeness (QED) is 0.660. The van der Waals surface area contributed by atoms with E-state index in [0.29, 0.717) is 17.2 Å². The van der Waals surface area contributed by atoms with Crippen LogP contribution in [0.25, 0.3) is 0 Å². The normalized spacial score (nSPS) is 10.9. The van der Waals surface area contributed by atoms with E-state index in [0.717, 1.165) is 0 Å². The highest BCUT2D eigenvalue weighted by Gasteiger charge is 2.23. The average molecular weight is 253 g/mol. The highest BCUT2D eigenvalue weighted by Crippen LogP contribution is 2.34. The van der Waals surface area contributed by atoms with Gasteiger partial charge >= 0.3 is 5.97 Å². The molecule has 0 saturated heterocycles. The van der Waals surface area contributed by atoms with Crippen molar-refractivity contribution in [1.29, 1.82) is 0 Å². The largest absolute Gasteiger partial charge is 0.493 e. The van der Waals surface area contributed by atoms with Crippen molar-refractivity contribution in [2.45, 2.75) is 26.4 Å². The lowest BCUT2D eigenvalue weighted by molar-refractivity contribution is 0.00660. The van der Waals surface area contributed by atoms with Crippen molar-refractivity contribution in [2.75, 3.05) is 20.0 Å². The second kappa shape index (κ2) is 5.16. The molecule has 0 aromatic heterocycles. The molecule has 2 N–H and O–H groups in total. The van der Waals surface area contributed by atoms with E-state index in [-0.39, 0.29) is 5.56 Å². The van der Waals surface area contributed by atoms with E-state index >= 15 is 0 Å². The number of hydrogen-bond acceptors (Lipinski definition) is 5. The third-order valence-corrected chi connectivity index (χ3v) is 2.12. The van der Waals surface area contributed by atoms with Gasteiger partial charge in [0.25, 0.3) is 0 Å². The molecule has 0 atom stereocenters. The number of ether oxygens (including phenoxy) is 3. The minimum Gasteiger partial charge on any atom is -0.493 e. The van der Waals surface area contributed by atoms with Crippen LogP contribution in [-0.2, 0) is 4.74 Å². The van der Waals surface area contributed by atoms with Gasteiger partial charge in [0.15, 0.2) is 11.5 Å². The fourth-order valence-electron chi connectivity index (χ4n) is 1.47. The predicted octanol–water partition coefficient (Wildman–Crippen LogP) is 2.24. The Balaban J connectivity index is 3.22. The van der Waals surface area contributed by atoms with Crippen LogP contribution in [-0.4, -0.2) is 25.8 Å². The van der Waals surface area contributed by atoms with Crippen molar-refractivity contribution in [3.63, 3.8) is 0 Å². The number of nitrogen functional groups attached to an aromatic ring is 1. The van der Waals surface area contributed by atoms with Gasteiger partial charge in [0, 0.05) is 11.8 Å². The SMILES string of the molecule is COc1cc(N)cc(C(=O)OC(C)(C)C)c1OC. The summed E-state index contributed by atoms with van der Waals surface area (Å²) in [6.45, 7) is 5.38. The number of esters is 1. The molecule has 0 aliphatic heterocycles. The summed E-state index contributed by atoms with van der Waals surface area (Å²) in [7, 11) is 2.94. The summed E-state index contributed by atoms with van der Waals surface area (Å²) >= 11 is 0. The molecule has 0 aliphatic rings. The number of anilines is 1. The smallest absolute Gasteiger partial charge is 0.342 e. The van der Waals surface area contributed by atoms with E-state index in [1.54, 1.807) is 26.8 Å². The summed E-state index contributed by atoms with van der Waals surface area (Å²) in [5, 5.41) is 0. The second-order valence-corrected chi connectivity index (χ2v) is 4.81. The van der Waals surface area contributed by atoms with Crippen molar-refractivity contribution in [2.24, 2.45) is 0 Å². The molecule has 0 fully saturated rings. The first-order valence-corrected chi connectivity index (χ1v) is 5.53. The first-order valence-electron chi connectivity index (χ1n) is 5.53. The van der Waals surface area contributed by atoms with Gasteiger partial charge in [-0.05, 0) is 26.8 Å². The van der Waals surface area contributed by atoms with Gasteiger partial charge in [-0.25, -0.2) is 4.79 Å². The van der Waals surface area contributed by atoms with Crippen molar-refractivity contribution in [3.8, 4) is 11.5 Å². The Labute approximate surface area is 107 Å². The van der Waals surface area contributed by atoms with E-state index in [1.165, 1.54) is 20.3 Å². The highest BCUT2D eigenvalue weighted by atomic mass is 16.6. The standard InChI is InChI=1S/C13H19NO4/c1-13(2,3)18-12(15)9-6-8(14)7-10(16-4)11(9)17-5/h6-7H,14H2,1-5H3. The lowest BCUT2D eigenvalue weighted by atomic mass is 10.1. The lowest BCUT2D eigenvalue weighted by Gasteiger charge is -2.21. The Kier molecular flexibility index (Phi) is 4.06. The molecule has 0 heterocycles. The van der Waals surface area contributed by atoms with Crippen LogP contribution in [0.1, 0.15) is 31.1 Å². The molecule has 0 unspecified atom stereocenters. The van der Waals surface area contributed by atoms with Gasteiger partial charge in [-0.15, -0.1) is 0 Å². The topological polar surface area (TPSA) is 70.8 Å². The number of carbonyl (C=O) groups is 1. The number of carbonyl (C=O) groups excluding carboxylic acids is 1. The van der Waals surface area contributed by atoms with Crippen LogP contribution in [0.5, 0.6) is 11.5 Å². The van der Waals surface area contributed by atoms with Gasteiger partial charge < -0.3 is 19.9 Å². The maximum Gasteiger partial charge on any atom is 0.342 e. The molecule has 0 amide bonds. The summed E-state index contributed by atoms with van der Waals surface area (Å²) in [5.74, 6) is 0.226. The third kappa shape index (κ3) is 3.29. The van der Waals surface area contributed by atoms with E-state index < -0.39 is 11.6 Å². The van der Waals surface area contributed by atoms with E-state index in [4.69, 9.17) is 19.9 Å². The first kappa shape index (κ1) is 14.2. The fraction of sp³-hybridized carbons (Fsp3) is 0.462. The zero-order valence-corrected chi connectivity index (χ0v) is 11.4. The first-order chi connectivity index (χ1) is 8.28. The molecule has 1 rings (SSSR count). The third-order valence-electron chi connectivity index (χ3n) is 2.12. The number of nitrogens with two attached hydrogens (primary N) is 1. The van der Waals surface area contributed by atoms with Gasteiger partial charge in [0.05, 0.1) is 14.2 Å². The molecular formula is C13H19NO4. The van der Waals surface area contributed by atoms with Gasteiger partial charge in [0.2, 0.25) is 0 Å². The Morgan fingerprint density at radius 3 is 2.22 bits per heavy atom. The summed E-state index contributed by atoms with van der Waals surface area (Å²) in [6, 6.07) is 3.10. The highest BCUT2D eigenvalue weighted by molar-refractivity contribution is 5.95. The number of benzene rings is 1. The van der Waals surface area contributed by atoms with Crippen LogP contribution in [0.3, 0.4) is 0 Å². The molecule has 0 bridgehead atoms. The molecule has 0 spiro atoms. The van der Waals surface area contributed by atoms with Gasteiger partial charge in [-0.3, -0.25) is 0 Å². The maximum absolute atomic E-state index is 12.0. The summed E-state index contributed by atoms with van der Waals surface area (Å²) in [6.07, 6.45) is 0. The van der Waals surface area contributed by atoms with Crippen molar-refractivity contribution in [3.05, 3.63) is 17.7 Å². The molecule has 100 valence electrons. The zero-order chi connectivity index (χ0) is 13.9. The fourth-order valence-corrected chi connectivity index (χ4v) is 1.47. The van der Waals surface area contributed by atoms with Crippen molar-refractivity contribution in [1.82, 2.24) is 0 Å². The molecule has 5 heteroatoms. The lowest BCUT2D eigenvalue weighted by Crippen LogP contribution is -2.24. The maximum atomic E-state index is 12.0. The molecule has 1 aromatic rings.